The second kappa shape index (κ2) is 8.16. The van der Waals surface area contributed by atoms with Gasteiger partial charge in [0.1, 0.15) is 10.7 Å². The van der Waals surface area contributed by atoms with Crippen molar-refractivity contribution in [2.24, 2.45) is 0 Å². The standard InChI is InChI=1S/C21H17FN2O2S2/c1-26-17-8-7-13(9-16(17)22)11-27-12-19-23-20(25)15-10-18(28-21(15)24-19)14-5-3-2-4-6-14/h2-10H,11-12H2,1H3,(H,23,24,25). The van der Waals surface area contributed by atoms with Gasteiger partial charge in [0.25, 0.3) is 5.56 Å². The van der Waals surface area contributed by atoms with Crippen LogP contribution in [0.15, 0.2) is 59.4 Å². The van der Waals surface area contributed by atoms with Crippen LogP contribution >= 0.6 is 23.1 Å². The molecule has 0 aliphatic rings. The highest BCUT2D eigenvalue weighted by atomic mass is 32.2. The van der Waals surface area contributed by atoms with Crippen LogP contribution in [0.25, 0.3) is 20.7 Å². The molecule has 2 aromatic carbocycles. The van der Waals surface area contributed by atoms with Crippen molar-refractivity contribution >= 4 is 33.3 Å². The van der Waals surface area contributed by atoms with E-state index >= 15 is 0 Å². The Morgan fingerprint density at radius 3 is 2.71 bits per heavy atom. The van der Waals surface area contributed by atoms with E-state index in [9.17, 15) is 9.18 Å². The Balaban J connectivity index is 1.50. The van der Waals surface area contributed by atoms with E-state index in [-0.39, 0.29) is 17.1 Å². The van der Waals surface area contributed by atoms with Crippen LogP contribution in [0.4, 0.5) is 4.39 Å². The van der Waals surface area contributed by atoms with Gasteiger partial charge in [-0.25, -0.2) is 9.37 Å². The lowest BCUT2D eigenvalue weighted by atomic mass is 10.2. The molecule has 1 N–H and O–H groups in total. The lowest BCUT2D eigenvalue weighted by Crippen LogP contribution is -2.09. The van der Waals surface area contributed by atoms with Crippen molar-refractivity contribution in [1.29, 1.82) is 0 Å². The number of methoxy groups -OCH3 is 1. The molecule has 0 fully saturated rings. The molecule has 4 nitrogen and oxygen atoms in total. The maximum Gasteiger partial charge on any atom is 0.259 e. The molecule has 7 heteroatoms. The molecule has 4 aromatic rings. The van der Waals surface area contributed by atoms with Crippen molar-refractivity contribution in [3.05, 3.63) is 82.2 Å². The zero-order valence-corrected chi connectivity index (χ0v) is 16.7. The number of thioether (sulfide) groups is 1. The number of hydrogen-bond donors (Lipinski definition) is 1. The second-order valence-electron chi connectivity index (χ2n) is 6.17. The molecule has 0 amide bonds. The summed E-state index contributed by atoms with van der Waals surface area (Å²) in [5.41, 5.74) is 1.80. The van der Waals surface area contributed by atoms with Gasteiger partial charge < -0.3 is 9.72 Å². The summed E-state index contributed by atoms with van der Waals surface area (Å²) in [6, 6.07) is 16.8. The third kappa shape index (κ3) is 3.95. The number of aromatic amines is 1. The van der Waals surface area contributed by atoms with Crippen LogP contribution in [0.5, 0.6) is 5.75 Å². The lowest BCUT2D eigenvalue weighted by Gasteiger charge is -2.05. The largest absolute Gasteiger partial charge is 0.494 e. The van der Waals surface area contributed by atoms with Crippen LogP contribution in [0, 0.1) is 5.82 Å². The predicted octanol–water partition coefficient (Wildman–Crippen LogP) is 5.23. The lowest BCUT2D eigenvalue weighted by molar-refractivity contribution is 0.386. The predicted molar refractivity (Wildman–Crippen MR) is 114 cm³/mol. The Hall–Kier alpha value is -2.64. The summed E-state index contributed by atoms with van der Waals surface area (Å²) in [6.07, 6.45) is 0. The number of rotatable bonds is 6. The van der Waals surface area contributed by atoms with Gasteiger partial charge in [-0.1, -0.05) is 36.4 Å². The number of H-pyrrole nitrogens is 1. The molecule has 0 unspecified atom stereocenters. The summed E-state index contributed by atoms with van der Waals surface area (Å²) in [6.45, 7) is 0. The first kappa shape index (κ1) is 18.7. The molecule has 0 aliphatic heterocycles. The van der Waals surface area contributed by atoms with Crippen LogP contribution in [0.2, 0.25) is 0 Å². The van der Waals surface area contributed by atoms with Crippen molar-refractivity contribution in [2.75, 3.05) is 7.11 Å². The maximum absolute atomic E-state index is 13.8. The van der Waals surface area contributed by atoms with E-state index in [0.717, 1.165) is 20.8 Å². The Labute approximate surface area is 169 Å². The highest BCUT2D eigenvalue weighted by Crippen LogP contribution is 2.31. The van der Waals surface area contributed by atoms with Gasteiger partial charge in [0.05, 0.1) is 18.2 Å². The highest BCUT2D eigenvalue weighted by molar-refractivity contribution is 7.97. The number of thiophene rings is 1. The normalized spacial score (nSPS) is 11.1. The minimum absolute atomic E-state index is 0.130. The van der Waals surface area contributed by atoms with Crippen LogP contribution in [0.3, 0.4) is 0 Å². The number of ether oxygens (including phenoxy) is 1. The minimum Gasteiger partial charge on any atom is -0.494 e. The van der Waals surface area contributed by atoms with Gasteiger partial charge in [-0.15, -0.1) is 23.1 Å². The monoisotopic (exact) mass is 412 g/mol. The van der Waals surface area contributed by atoms with Crippen molar-refractivity contribution in [1.82, 2.24) is 9.97 Å². The van der Waals surface area contributed by atoms with Crippen molar-refractivity contribution < 1.29 is 9.13 Å². The van der Waals surface area contributed by atoms with E-state index in [1.54, 1.807) is 17.8 Å². The number of aromatic nitrogens is 2. The van der Waals surface area contributed by atoms with Gasteiger partial charge in [-0.2, -0.15) is 0 Å². The SMILES string of the molecule is COc1ccc(CSCc2nc3sc(-c4ccccc4)cc3c(=O)[nH]2)cc1F. The van der Waals surface area contributed by atoms with Crippen LogP contribution in [-0.2, 0) is 11.5 Å². The second-order valence-corrected chi connectivity index (χ2v) is 8.19. The van der Waals surface area contributed by atoms with Crippen LogP contribution in [-0.4, -0.2) is 17.1 Å². The number of nitrogens with zero attached hydrogens (tertiary/aromatic N) is 1. The molecular formula is C21H17FN2O2S2. The fourth-order valence-electron chi connectivity index (χ4n) is 2.85. The first-order chi connectivity index (χ1) is 13.6. The van der Waals surface area contributed by atoms with Gasteiger partial charge in [0, 0.05) is 10.6 Å². The number of hydrogen-bond acceptors (Lipinski definition) is 5. The summed E-state index contributed by atoms with van der Waals surface area (Å²) in [5, 5.41) is 0.606. The molecule has 0 atom stereocenters. The summed E-state index contributed by atoms with van der Waals surface area (Å²) in [7, 11) is 1.44. The average Bonchev–Trinajstić information content (AvgIpc) is 3.14. The Morgan fingerprint density at radius 1 is 1.14 bits per heavy atom. The molecule has 4 rings (SSSR count). The fourth-order valence-corrected chi connectivity index (χ4v) is 4.76. The van der Waals surface area contributed by atoms with Crippen LogP contribution in [0.1, 0.15) is 11.4 Å². The van der Waals surface area contributed by atoms with E-state index in [2.05, 4.69) is 9.97 Å². The van der Waals surface area contributed by atoms with E-state index < -0.39 is 0 Å². The number of nitrogens with one attached hydrogen (secondary N) is 1. The number of benzene rings is 2. The summed E-state index contributed by atoms with van der Waals surface area (Å²) >= 11 is 3.08. The molecule has 142 valence electrons. The van der Waals surface area contributed by atoms with E-state index in [0.29, 0.717) is 22.7 Å². The molecular weight excluding hydrogens is 395 g/mol. The van der Waals surface area contributed by atoms with Crippen molar-refractivity contribution in [3.63, 3.8) is 0 Å². The third-order valence-electron chi connectivity index (χ3n) is 4.23. The molecule has 0 radical (unpaired) electrons. The van der Waals surface area contributed by atoms with E-state index in [1.165, 1.54) is 24.5 Å². The molecule has 2 heterocycles. The van der Waals surface area contributed by atoms with Crippen LogP contribution < -0.4 is 10.3 Å². The minimum atomic E-state index is -0.374. The molecule has 0 spiro atoms. The average molecular weight is 413 g/mol. The molecule has 28 heavy (non-hydrogen) atoms. The van der Waals surface area contributed by atoms with E-state index in [4.69, 9.17) is 4.74 Å². The van der Waals surface area contributed by atoms with Gasteiger partial charge in [-0.05, 0) is 29.3 Å². The summed E-state index contributed by atoms with van der Waals surface area (Å²) in [5.74, 6) is 1.63. The summed E-state index contributed by atoms with van der Waals surface area (Å²) in [4.78, 5) is 21.6. The highest BCUT2D eigenvalue weighted by Gasteiger charge is 2.11. The van der Waals surface area contributed by atoms with Gasteiger partial charge >= 0.3 is 0 Å². The smallest absolute Gasteiger partial charge is 0.259 e. The molecule has 2 aromatic heterocycles. The number of fused-ring (bicyclic) bond motifs is 1. The van der Waals surface area contributed by atoms with E-state index in [1.807, 2.05) is 42.5 Å². The Kier molecular flexibility index (Phi) is 5.45. The van der Waals surface area contributed by atoms with Gasteiger partial charge in [0.15, 0.2) is 11.6 Å². The Morgan fingerprint density at radius 2 is 1.96 bits per heavy atom. The van der Waals surface area contributed by atoms with Crippen molar-refractivity contribution in [2.45, 2.75) is 11.5 Å². The molecule has 0 bridgehead atoms. The third-order valence-corrected chi connectivity index (χ3v) is 6.33. The molecule has 0 aliphatic carbocycles. The van der Waals surface area contributed by atoms with Crippen molar-refractivity contribution in [3.8, 4) is 16.2 Å². The topological polar surface area (TPSA) is 55.0 Å². The number of halogens is 1. The van der Waals surface area contributed by atoms with Gasteiger partial charge in [0.2, 0.25) is 0 Å². The van der Waals surface area contributed by atoms with Gasteiger partial charge in [-0.3, -0.25) is 4.79 Å². The first-order valence-corrected chi connectivity index (χ1v) is 10.6. The molecule has 0 saturated heterocycles. The maximum atomic E-state index is 13.8. The first-order valence-electron chi connectivity index (χ1n) is 8.62. The quantitative estimate of drug-likeness (QED) is 0.471. The Bertz CT molecular complexity index is 1170. The zero-order valence-electron chi connectivity index (χ0n) is 15.1. The zero-order chi connectivity index (χ0) is 19.5. The fraction of sp³-hybridized carbons (Fsp3) is 0.143. The molecule has 0 saturated carbocycles. The summed E-state index contributed by atoms with van der Waals surface area (Å²) < 4.78 is 18.7.